The van der Waals surface area contributed by atoms with Crippen LogP contribution in [-0.2, 0) is 19.2 Å². The minimum absolute atomic E-state index is 0.128. The molecular weight excluding hydrogens is 222 g/mol. The Labute approximate surface area is 92.4 Å². The number of esters is 1. The second-order valence-electron chi connectivity index (χ2n) is 2.19. The van der Waals surface area contributed by atoms with Gasteiger partial charge in [-0.2, -0.15) is 0 Å². The van der Waals surface area contributed by atoms with Crippen LogP contribution in [0.25, 0.3) is 0 Å². The summed E-state index contributed by atoms with van der Waals surface area (Å²) in [5.41, 5.74) is -0.484. The minimum Gasteiger partial charge on any atom is -0.461 e. The van der Waals surface area contributed by atoms with Gasteiger partial charge in [0.25, 0.3) is 0 Å². The fourth-order valence-electron chi connectivity index (χ4n) is 0.599. The van der Waals surface area contributed by atoms with Gasteiger partial charge in [0.05, 0.1) is 12.5 Å². The van der Waals surface area contributed by atoms with Crippen LogP contribution < -0.4 is 0 Å². The van der Waals surface area contributed by atoms with E-state index in [1.807, 2.05) is 0 Å². The first kappa shape index (κ1) is 13.5. The zero-order chi connectivity index (χ0) is 11.7. The van der Waals surface area contributed by atoms with E-state index in [0.717, 1.165) is 0 Å². The van der Waals surface area contributed by atoms with Crippen LogP contribution in [0.2, 0.25) is 0 Å². The summed E-state index contributed by atoms with van der Waals surface area (Å²) in [5, 5.41) is 3.27. The lowest BCUT2D eigenvalue weighted by Gasteiger charge is -2.02. The molecule has 0 rings (SSSR count). The molecule has 6 heteroatoms. The summed E-state index contributed by atoms with van der Waals surface area (Å²) in [7, 11) is 0. The van der Waals surface area contributed by atoms with Crippen molar-refractivity contribution in [2.24, 2.45) is 5.16 Å². The van der Waals surface area contributed by atoms with Crippen molar-refractivity contribution < 1.29 is 19.2 Å². The van der Waals surface area contributed by atoms with E-state index in [-0.39, 0.29) is 19.1 Å². The van der Waals surface area contributed by atoms with Gasteiger partial charge in [0.2, 0.25) is 11.5 Å². The molecule has 0 atom stereocenters. The van der Waals surface area contributed by atoms with Gasteiger partial charge in [-0.3, -0.25) is 4.79 Å². The Hall–Kier alpha value is -1.54. The number of carbonyl (C=O) groups excluding carboxylic acids is 2. The summed E-state index contributed by atoms with van der Waals surface area (Å²) in [4.78, 5) is 26.8. The van der Waals surface area contributed by atoms with Crippen molar-refractivity contribution in [3.63, 3.8) is 0 Å². The van der Waals surface area contributed by atoms with Gasteiger partial charge in [-0.1, -0.05) is 11.1 Å². The smallest absolute Gasteiger partial charge is 0.364 e. The van der Waals surface area contributed by atoms with E-state index in [2.05, 4.69) is 20.7 Å². The summed E-state index contributed by atoms with van der Waals surface area (Å²) in [6, 6.07) is 0. The maximum absolute atomic E-state index is 11.2. The molecule has 82 valence electrons. The van der Waals surface area contributed by atoms with Crippen molar-refractivity contribution in [2.75, 3.05) is 19.1 Å². The third-order valence-electron chi connectivity index (χ3n) is 1.16. The second-order valence-corrected chi connectivity index (χ2v) is 2.46. The summed E-state index contributed by atoms with van der Waals surface area (Å²) >= 11 is 5.27. The predicted molar refractivity (Wildman–Crippen MR) is 54.6 cm³/mol. The number of alkyl halides is 1. The number of Topliss-reactive ketones (excluding diaryl/α,β-unsaturated/α-hetero) is 1. The standard InChI is InChI=1S/C9H10ClNO4/c1-3-5-15-11-8(7(12)6-10)9(13)14-4-2/h1H,4-6H2,2H3/b11-8+. The van der Waals surface area contributed by atoms with Crippen LogP contribution in [0.1, 0.15) is 6.92 Å². The van der Waals surface area contributed by atoms with E-state index >= 15 is 0 Å². The lowest BCUT2D eigenvalue weighted by molar-refractivity contribution is -0.135. The maximum Gasteiger partial charge on any atom is 0.364 e. The molecular formula is C9H10ClNO4. The molecule has 5 nitrogen and oxygen atoms in total. The van der Waals surface area contributed by atoms with Crippen LogP contribution in [0.3, 0.4) is 0 Å². The highest BCUT2D eigenvalue weighted by atomic mass is 35.5. The van der Waals surface area contributed by atoms with Gasteiger partial charge >= 0.3 is 5.97 Å². The third-order valence-corrected chi connectivity index (χ3v) is 1.40. The van der Waals surface area contributed by atoms with E-state index in [1.54, 1.807) is 6.92 Å². The van der Waals surface area contributed by atoms with E-state index in [0.29, 0.717) is 0 Å². The first-order valence-electron chi connectivity index (χ1n) is 4.07. The zero-order valence-corrected chi connectivity index (χ0v) is 8.91. The van der Waals surface area contributed by atoms with Gasteiger partial charge in [0.15, 0.2) is 6.61 Å². The molecule has 0 aliphatic carbocycles. The number of hydrogen-bond donors (Lipinski definition) is 0. The molecule has 0 spiro atoms. The summed E-state index contributed by atoms with van der Waals surface area (Å²) in [6.45, 7) is 1.59. The van der Waals surface area contributed by atoms with Crippen LogP contribution >= 0.6 is 11.6 Å². The highest BCUT2D eigenvalue weighted by Gasteiger charge is 2.21. The van der Waals surface area contributed by atoms with E-state index < -0.39 is 17.5 Å². The number of halogens is 1. The fourth-order valence-corrected chi connectivity index (χ4v) is 0.725. The van der Waals surface area contributed by atoms with Crippen LogP contribution in [0.15, 0.2) is 5.16 Å². The fraction of sp³-hybridized carbons (Fsp3) is 0.444. The Morgan fingerprint density at radius 2 is 2.20 bits per heavy atom. The number of nitrogens with zero attached hydrogens (tertiary/aromatic N) is 1. The average Bonchev–Trinajstić information content (AvgIpc) is 2.23. The quantitative estimate of drug-likeness (QED) is 0.126. The lowest BCUT2D eigenvalue weighted by Crippen LogP contribution is -2.27. The first-order valence-corrected chi connectivity index (χ1v) is 4.60. The molecule has 0 aromatic carbocycles. The topological polar surface area (TPSA) is 65.0 Å². The Morgan fingerprint density at radius 1 is 1.53 bits per heavy atom. The van der Waals surface area contributed by atoms with Gasteiger partial charge in [-0.15, -0.1) is 18.0 Å². The number of hydrogen-bond acceptors (Lipinski definition) is 5. The van der Waals surface area contributed by atoms with Crippen molar-refractivity contribution in [3.8, 4) is 12.3 Å². The van der Waals surface area contributed by atoms with Gasteiger partial charge < -0.3 is 9.57 Å². The molecule has 0 aromatic rings. The molecule has 0 N–H and O–H groups in total. The van der Waals surface area contributed by atoms with Crippen LogP contribution in [-0.4, -0.2) is 36.6 Å². The molecule has 0 unspecified atom stereocenters. The molecule has 0 heterocycles. The van der Waals surface area contributed by atoms with Gasteiger partial charge in [0.1, 0.15) is 0 Å². The molecule has 0 aromatic heterocycles. The zero-order valence-electron chi connectivity index (χ0n) is 8.16. The Balaban J connectivity index is 4.58. The number of oxime groups is 1. The SMILES string of the molecule is C#CCO/N=C(\C(=O)CCl)C(=O)OCC. The van der Waals surface area contributed by atoms with Crippen molar-refractivity contribution in [2.45, 2.75) is 6.92 Å². The molecule has 0 radical (unpaired) electrons. The Bertz CT molecular complexity index is 306. The van der Waals surface area contributed by atoms with Crippen molar-refractivity contribution in [1.29, 1.82) is 0 Å². The normalized spacial score (nSPS) is 10.3. The molecule has 0 fully saturated rings. The minimum atomic E-state index is -0.875. The average molecular weight is 232 g/mol. The van der Waals surface area contributed by atoms with E-state index in [4.69, 9.17) is 18.0 Å². The number of terminal acetylenes is 1. The van der Waals surface area contributed by atoms with E-state index in [9.17, 15) is 9.59 Å². The summed E-state index contributed by atoms with van der Waals surface area (Å²) in [6.07, 6.45) is 4.89. The molecule has 15 heavy (non-hydrogen) atoms. The molecule has 0 saturated heterocycles. The predicted octanol–water partition coefficient (Wildman–Crippen LogP) is 0.363. The Morgan fingerprint density at radius 3 is 2.67 bits per heavy atom. The number of ether oxygens (including phenoxy) is 1. The van der Waals surface area contributed by atoms with Crippen molar-refractivity contribution in [3.05, 3.63) is 0 Å². The number of rotatable bonds is 6. The monoisotopic (exact) mass is 231 g/mol. The van der Waals surface area contributed by atoms with Gasteiger partial charge in [0, 0.05) is 0 Å². The molecule has 0 bridgehead atoms. The lowest BCUT2D eigenvalue weighted by atomic mass is 10.3. The number of ketones is 1. The maximum atomic E-state index is 11.2. The summed E-state index contributed by atoms with van der Waals surface area (Å²) in [5.74, 6) is 0.199. The first-order chi connectivity index (χ1) is 7.17. The number of carbonyl (C=O) groups is 2. The molecule has 0 amide bonds. The summed E-state index contributed by atoms with van der Waals surface area (Å²) < 4.78 is 4.58. The van der Waals surface area contributed by atoms with E-state index in [1.165, 1.54) is 0 Å². The highest BCUT2D eigenvalue weighted by molar-refractivity contribution is 6.67. The Kier molecular flexibility index (Phi) is 7.02. The second kappa shape index (κ2) is 7.83. The molecule has 0 aliphatic rings. The highest BCUT2D eigenvalue weighted by Crippen LogP contribution is 1.92. The van der Waals surface area contributed by atoms with Crippen LogP contribution in [0, 0.1) is 12.3 Å². The third kappa shape index (κ3) is 5.03. The molecule has 0 saturated carbocycles. The van der Waals surface area contributed by atoms with Crippen LogP contribution in [0.5, 0.6) is 0 Å². The van der Waals surface area contributed by atoms with Gasteiger partial charge in [-0.25, -0.2) is 4.79 Å². The van der Waals surface area contributed by atoms with Crippen molar-refractivity contribution >= 4 is 29.1 Å². The van der Waals surface area contributed by atoms with Crippen LogP contribution in [0.4, 0.5) is 0 Å². The van der Waals surface area contributed by atoms with Gasteiger partial charge in [-0.05, 0) is 6.92 Å². The van der Waals surface area contributed by atoms with Crippen molar-refractivity contribution in [1.82, 2.24) is 0 Å². The largest absolute Gasteiger partial charge is 0.461 e. The molecule has 0 aliphatic heterocycles.